The molecule has 0 radical (unpaired) electrons. The number of ether oxygens (including phenoxy) is 2. The zero-order valence-corrected chi connectivity index (χ0v) is 21.5. The molecule has 2 bridgehead atoms. The summed E-state index contributed by atoms with van der Waals surface area (Å²) in [4.78, 5) is 42.3. The van der Waals surface area contributed by atoms with Crippen molar-refractivity contribution in [3.05, 3.63) is 24.3 Å². The Hall–Kier alpha value is -2.65. The van der Waals surface area contributed by atoms with Crippen molar-refractivity contribution < 1.29 is 29.0 Å². The van der Waals surface area contributed by atoms with E-state index < -0.39 is 29.1 Å². The standard InChI is InChI=1S/C27H39N3O6/c1-4-7-8-15-28-24(33)22-27-14-13-26(5-2,36-27)20(21(27)25(34)30(22)16-17-31)23(32)29-18-9-11-19(12-10-18)35-6-3/h9-12,20-22,31H,4-8,13-17H2,1-3H3,(H,28,33)(H,29,32)/t20-,21+,22?,26+,27?/m1/s1. The van der Waals surface area contributed by atoms with Gasteiger partial charge in [-0.25, -0.2) is 0 Å². The normalized spacial score (nSPS) is 30.4. The number of fused-ring (bicyclic) bond motifs is 1. The Morgan fingerprint density at radius 2 is 1.89 bits per heavy atom. The van der Waals surface area contributed by atoms with Gasteiger partial charge in [0.2, 0.25) is 17.7 Å². The second kappa shape index (κ2) is 10.8. The maximum absolute atomic E-state index is 13.8. The molecule has 1 aromatic carbocycles. The number of carbonyl (C=O) groups excluding carboxylic acids is 3. The topological polar surface area (TPSA) is 117 Å². The molecule has 36 heavy (non-hydrogen) atoms. The average molecular weight is 502 g/mol. The molecule has 1 aromatic rings. The third kappa shape index (κ3) is 4.36. The van der Waals surface area contributed by atoms with E-state index in [1.807, 2.05) is 13.8 Å². The highest BCUT2D eigenvalue weighted by molar-refractivity contribution is 6.02. The van der Waals surface area contributed by atoms with E-state index in [0.717, 1.165) is 19.3 Å². The van der Waals surface area contributed by atoms with Gasteiger partial charge >= 0.3 is 0 Å². The first kappa shape index (κ1) is 26.4. The van der Waals surface area contributed by atoms with Crippen LogP contribution in [0.1, 0.15) is 59.3 Å². The third-order valence-corrected chi connectivity index (χ3v) is 8.07. The predicted molar refractivity (Wildman–Crippen MR) is 134 cm³/mol. The molecule has 3 saturated heterocycles. The molecule has 5 atom stereocenters. The quantitative estimate of drug-likeness (QED) is 0.379. The van der Waals surface area contributed by atoms with E-state index in [0.29, 0.717) is 43.9 Å². The Labute approximate surface area is 212 Å². The highest BCUT2D eigenvalue weighted by Crippen LogP contribution is 2.64. The number of hydrogen-bond donors (Lipinski definition) is 3. The second-order valence-corrected chi connectivity index (χ2v) is 10.0. The number of aliphatic hydroxyl groups excluding tert-OH is 1. The Bertz CT molecular complexity index is 969. The number of amides is 3. The van der Waals surface area contributed by atoms with E-state index in [1.54, 1.807) is 24.3 Å². The van der Waals surface area contributed by atoms with Crippen molar-refractivity contribution in [2.75, 3.05) is 31.6 Å². The number of likely N-dealkylation sites (tertiary alicyclic amines) is 1. The number of β-amino-alcohol motifs (C(OH)–C–C–N with tert-alkyl or cyclic N) is 1. The Morgan fingerprint density at radius 1 is 1.14 bits per heavy atom. The van der Waals surface area contributed by atoms with Gasteiger partial charge in [0.15, 0.2) is 0 Å². The van der Waals surface area contributed by atoms with Crippen LogP contribution in [0.25, 0.3) is 0 Å². The van der Waals surface area contributed by atoms with Crippen molar-refractivity contribution in [2.24, 2.45) is 11.8 Å². The molecule has 198 valence electrons. The summed E-state index contributed by atoms with van der Waals surface area (Å²) in [5.74, 6) is -1.63. The number of aliphatic hydroxyl groups is 1. The summed E-state index contributed by atoms with van der Waals surface area (Å²) in [6.07, 6.45) is 4.58. The van der Waals surface area contributed by atoms with Gasteiger partial charge in [-0.2, -0.15) is 0 Å². The highest BCUT2D eigenvalue weighted by Gasteiger charge is 2.78. The second-order valence-electron chi connectivity index (χ2n) is 10.0. The number of nitrogens with one attached hydrogen (secondary N) is 2. The molecule has 9 nitrogen and oxygen atoms in total. The van der Waals surface area contributed by atoms with Crippen molar-refractivity contribution in [3.63, 3.8) is 0 Å². The number of hydrogen-bond acceptors (Lipinski definition) is 6. The van der Waals surface area contributed by atoms with Crippen LogP contribution < -0.4 is 15.4 Å². The van der Waals surface area contributed by atoms with Crippen molar-refractivity contribution >= 4 is 23.4 Å². The molecule has 0 aliphatic carbocycles. The van der Waals surface area contributed by atoms with Crippen LogP contribution in [-0.2, 0) is 19.1 Å². The fourth-order valence-corrected chi connectivity index (χ4v) is 6.47. The van der Waals surface area contributed by atoms with Crippen molar-refractivity contribution in [1.29, 1.82) is 0 Å². The molecular weight excluding hydrogens is 462 g/mol. The van der Waals surface area contributed by atoms with E-state index >= 15 is 0 Å². The van der Waals surface area contributed by atoms with Gasteiger partial charge in [-0.15, -0.1) is 0 Å². The summed E-state index contributed by atoms with van der Waals surface area (Å²) < 4.78 is 12.1. The van der Waals surface area contributed by atoms with Crippen molar-refractivity contribution in [2.45, 2.75) is 76.5 Å². The molecule has 3 heterocycles. The lowest BCUT2D eigenvalue weighted by molar-refractivity contribution is -0.146. The van der Waals surface area contributed by atoms with E-state index in [2.05, 4.69) is 17.6 Å². The van der Waals surface area contributed by atoms with Crippen molar-refractivity contribution in [3.8, 4) is 5.75 Å². The summed E-state index contributed by atoms with van der Waals surface area (Å²) in [6, 6.07) is 6.26. The fraction of sp³-hybridized carbons (Fsp3) is 0.667. The number of anilines is 1. The van der Waals surface area contributed by atoms with E-state index in [1.165, 1.54) is 4.90 Å². The number of nitrogens with zero attached hydrogens (tertiary/aromatic N) is 1. The summed E-state index contributed by atoms with van der Waals surface area (Å²) in [5, 5.41) is 15.6. The van der Waals surface area contributed by atoms with Gasteiger partial charge < -0.3 is 30.1 Å². The summed E-state index contributed by atoms with van der Waals surface area (Å²) >= 11 is 0. The first-order valence-electron chi connectivity index (χ1n) is 13.3. The molecule has 9 heteroatoms. The van der Waals surface area contributed by atoms with Crippen LogP contribution >= 0.6 is 0 Å². The van der Waals surface area contributed by atoms with Crippen LogP contribution in [0.2, 0.25) is 0 Å². The van der Waals surface area contributed by atoms with Gasteiger partial charge in [-0.05, 0) is 56.9 Å². The van der Waals surface area contributed by atoms with Gasteiger partial charge in [-0.1, -0.05) is 26.7 Å². The minimum absolute atomic E-state index is 0.0276. The van der Waals surface area contributed by atoms with Crippen LogP contribution in [0.5, 0.6) is 5.75 Å². The van der Waals surface area contributed by atoms with Crippen molar-refractivity contribution in [1.82, 2.24) is 10.2 Å². The van der Waals surface area contributed by atoms with Crippen LogP contribution in [0.3, 0.4) is 0 Å². The molecule has 3 aliphatic rings. The highest BCUT2D eigenvalue weighted by atomic mass is 16.5. The lowest BCUT2D eigenvalue weighted by atomic mass is 9.65. The van der Waals surface area contributed by atoms with Gasteiger partial charge in [0.25, 0.3) is 0 Å². The van der Waals surface area contributed by atoms with Gasteiger partial charge in [0.1, 0.15) is 17.4 Å². The molecule has 0 saturated carbocycles. The maximum Gasteiger partial charge on any atom is 0.245 e. The predicted octanol–water partition coefficient (Wildman–Crippen LogP) is 2.48. The largest absolute Gasteiger partial charge is 0.494 e. The molecule has 0 aromatic heterocycles. The third-order valence-electron chi connectivity index (χ3n) is 8.07. The lowest BCUT2D eigenvalue weighted by Crippen LogP contribution is -2.55. The Kier molecular flexibility index (Phi) is 7.90. The smallest absolute Gasteiger partial charge is 0.245 e. The first-order valence-corrected chi connectivity index (χ1v) is 13.3. The van der Waals surface area contributed by atoms with E-state index in [4.69, 9.17) is 9.47 Å². The monoisotopic (exact) mass is 501 g/mol. The lowest BCUT2D eigenvalue weighted by Gasteiger charge is -2.34. The fourth-order valence-electron chi connectivity index (χ4n) is 6.47. The molecule has 2 unspecified atom stereocenters. The summed E-state index contributed by atoms with van der Waals surface area (Å²) in [6.45, 7) is 6.79. The molecule has 3 aliphatic heterocycles. The van der Waals surface area contributed by atoms with Gasteiger partial charge in [-0.3, -0.25) is 14.4 Å². The van der Waals surface area contributed by atoms with Crippen LogP contribution in [-0.4, -0.2) is 71.3 Å². The van der Waals surface area contributed by atoms with Crippen LogP contribution in [0.4, 0.5) is 5.69 Å². The molecular formula is C27H39N3O6. The number of rotatable bonds is 12. The maximum atomic E-state index is 13.8. The zero-order valence-electron chi connectivity index (χ0n) is 21.5. The summed E-state index contributed by atoms with van der Waals surface area (Å²) in [5.41, 5.74) is -1.27. The summed E-state index contributed by atoms with van der Waals surface area (Å²) in [7, 11) is 0. The van der Waals surface area contributed by atoms with E-state index in [-0.39, 0.29) is 30.9 Å². The molecule has 3 N–H and O–H groups in total. The van der Waals surface area contributed by atoms with E-state index in [9.17, 15) is 19.5 Å². The molecule has 1 spiro atoms. The number of benzene rings is 1. The molecule has 3 amide bonds. The molecule has 3 fully saturated rings. The molecule has 4 rings (SSSR count). The SMILES string of the molecule is CCCCCNC(=O)C1N(CCO)C(=O)[C@@H]2[C@H](C(=O)Nc3ccc(OCC)cc3)[C@]3(CC)CCC12O3. The number of carbonyl (C=O) groups is 3. The number of unbranched alkanes of at least 4 members (excludes halogenated alkanes) is 2. The zero-order chi connectivity index (χ0) is 25.9. The van der Waals surface area contributed by atoms with Gasteiger partial charge in [0.05, 0.1) is 30.7 Å². The minimum atomic E-state index is -1.07. The first-order chi connectivity index (χ1) is 17.4. The Morgan fingerprint density at radius 3 is 2.53 bits per heavy atom. The average Bonchev–Trinajstić information content (AvgIpc) is 3.47. The van der Waals surface area contributed by atoms with Crippen LogP contribution in [0, 0.1) is 11.8 Å². The minimum Gasteiger partial charge on any atom is -0.494 e. The Balaban J connectivity index is 1.61. The van der Waals surface area contributed by atoms with Gasteiger partial charge in [0, 0.05) is 18.8 Å². The van der Waals surface area contributed by atoms with Crippen LogP contribution in [0.15, 0.2) is 24.3 Å².